The second-order valence-corrected chi connectivity index (χ2v) is 6.19. The second-order valence-electron chi connectivity index (χ2n) is 6.19. The van der Waals surface area contributed by atoms with Crippen LogP contribution in [0.25, 0.3) is 0 Å². The molecular formula is C22H28N2O5. The fourth-order valence-electron chi connectivity index (χ4n) is 2.69. The minimum absolute atomic E-state index is 0.216. The van der Waals surface area contributed by atoms with Gasteiger partial charge >= 0.3 is 6.09 Å². The van der Waals surface area contributed by atoms with Gasteiger partial charge in [0.25, 0.3) is 5.91 Å². The zero-order valence-corrected chi connectivity index (χ0v) is 17.3. The molecule has 1 atom stereocenters. The van der Waals surface area contributed by atoms with Crippen molar-refractivity contribution in [3.8, 4) is 11.5 Å². The van der Waals surface area contributed by atoms with Gasteiger partial charge in [0.2, 0.25) is 0 Å². The number of rotatable bonds is 9. The topological polar surface area (TPSA) is 85.9 Å². The zero-order valence-electron chi connectivity index (χ0n) is 17.3. The van der Waals surface area contributed by atoms with E-state index in [-0.39, 0.29) is 11.9 Å². The van der Waals surface area contributed by atoms with E-state index >= 15 is 0 Å². The van der Waals surface area contributed by atoms with Crippen LogP contribution in [0.4, 0.5) is 10.5 Å². The number of nitrogens with one attached hydrogen (secondary N) is 2. The Morgan fingerprint density at radius 3 is 2.17 bits per heavy atom. The molecule has 0 saturated carbocycles. The van der Waals surface area contributed by atoms with E-state index in [1.54, 1.807) is 31.2 Å². The highest BCUT2D eigenvalue weighted by atomic mass is 16.5. The molecule has 2 rings (SSSR count). The van der Waals surface area contributed by atoms with Crippen molar-refractivity contribution >= 4 is 17.7 Å². The summed E-state index contributed by atoms with van der Waals surface area (Å²) in [4.78, 5) is 24.0. The number of anilines is 1. The van der Waals surface area contributed by atoms with Crippen molar-refractivity contribution in [1.29, 1.82) is 0 Å². The minimum Gasteiger partial charge on any atom is -0.490 e. The van der Waals surface area contributed by atoms with Crippen molar-refractivity contribution in [1.82, 2.24) is 5.32 Å². The molecule has 2 N–H and O–H groups in total. The monoisotopic (exact) mass is 400 g/mol. The van der Waals surface area contributed by atoms with Crippen LogP contribution < -0.4 is 20.1 Å². The van der Waals surface area contributed by atoms with Gasteiger partial charge in [-0.1, -0.05) is 6.07 Å². The van der Waals surface area contributed by atoms with Crippen LogP contribution in [0, 0.1) is 0 Å². The average molecular weight is 400 g/mol. The fourth-order valence-corrected chi connectivity index (χ4v) is 2.69. The van der Waals surface area contributed by atoms with E-state index < -0.39 is 6.09 Å². The first-order chi connectivity index (χ1) is 14.0. The molecule has 0 spiro atoms. The number of hydrogen-bond donors (Lipinski definition) is 2. The van der Waals surface area contributed by atoms with E-state index in [4.69, 9.17) is 14.2 Å². The number of carbonyl (C=O) groups excluding carboxylic acids is 2. The number of amides is 2. The van der Waals surface area contributed by atoms with Crippen LogP contribution in [-0.4, -0.2) is 31.8 Å². The molecule has 0 fully saturated rings. The van der Waals surface area contributed by atoms with Crippen LogP contribution >= 0.6 is 0 Å². The molecule has 0 bridgehead atoms. The molecule has 0 aliphatic rings. The molecule has 7 nitrogen and oxygen atoms in total. The average Bonchev–Trinajstić information content (AvgIpc) is 2.70. The normalized spacial score (nSPS) is 11.3. The Bertz CT molecular complexity index is 820. The smallest absolute Gasteiger partial charge is 0.411 e. The number of ether oxygens (including phenoxy) is 3. The van der Waals surface area contributed by atoms with E-state index in [1.165, 1.54) is 0 Å². The van der Waals surface area contributed by atoms with Crippen LogP contribution in [0.15, 0.2) is 42.5 Å². The van der Waals surface area contributed by atoms with E-state index in [0.717, 1.165) is 5.56 Å². The van der Waals surface area contributed by atoms with E-state index in [0.29, 0.717) is 42.6 Å². The first-order valence-electron chi connectivity index (χ1n) is 9.72. The lowest BCUT2D eigenvalue weighted by molar-refractivity contribution is 0.0939. The van der Waals surface area contributed by atoms with Gasteiger partial charge in [-0.15, -0.1) is 0 Å². The van der Waals surface area contributed by atoms with Gasteiger partial charge in [-0.05, 0) is 69.7 Å². The lowest BCUT2D eigenvalue weighted by Crippen LogP contribution is -2.26. The van der Waals surface area contributed by atoms with E-state index in [2.05, 4.69) is 10.6 Å². The Labute approximate surface area is 171 Å². The molecular weight excluding hydrogens is 372 g/mol. The summed E-state index contributed by atoms with van der Waals surface area (Å²) in [5.41, 5.74) is 1.95. The Kier molecular flexibility index (Phi) is 8.33. The molecule has 0 aliphatic carbocycles. The highest BCUT2D eigenvalue weighted by Crippen LogP contribution is 2.30. The first kappa shape index (κ1) is 22.1. The van der Waals surface area contributed by atoms with Gasteiger partial charge in [-0.25, -0.2) is 4.79 Å². The maximum atomic E-state index is 12.6. The van der Waals surface area contributed by atoms with Gasteiger partial charge < -0.3 is 19.5 Å². The SMILES string of the molecule is CCOC(=O)Nc1ccc(C(=O)N[C@@H](C)c2ccc(OCC)c(OCC)c2)cc1. The first-order valence-corrected chi connectivity index (χ1v) is 9.72. The Morgan fingerprint density at radius 2 is 1.55 bits per heavy atom. The van der Waals surface area contributed by atoms with Crippen molar-refractivity contribution in [3.63, 3.8) is 0 Å². The number of carbonyl (C=O) groups is 2. The maximum absolute atomic E-state index is 12.6. The largest absolute Gasteiger partial charge is 0.490 e. The Balaban J connectivity index is 2.04. The molecule has 0 unspecified atom stereocenters. The number of hydrogen-bond acceptors (Lipinski definition) is 5. The third kappa shape index (κ3) is 6.41. The van der Waals surface area contributed by atoms with Crippen LogP contribution in [0.1, 0.15) is 49.7 Å². The second kappa shape index (κ2) is 10.9. The maximum Gasteiger partial charge on any atom is 0.411 e. The predicted octanol–water partition coefficient (Wildman–Crippen LogP) is 4.54. The molecule has 7 heteroatoms. The third-order valence-corrected chi connectivity index (χ3v) is 4.08. The summed E-state index contributed by atoms with van der Waals surface area (Å²) in [5.74, 6) is 1.12. The molecule has 0 heterocycles. The fraction of sp³-hybridized carbons (Fsp3) is 0.364. The lowest BCUT2D eigenvalue weighted by Gasteiger charge is -2.17. The summed E-state index contributed by atoms with van der Waals surface area (Å²) in [6.45, 7) is 8.83. The highest BCUT2D eigenvalue weighted by molar-refractivity contribution is 5.95. The van der Waals surface area contributed by atoms with Crippen LogP contribution in [-0.2, 0) is 4.74 Å². The molecule has 0 radical (unpaired) electrons. The summed E-state index contributed by atoms with van der Waals surface area (Å²) >= 11 is 0. The summed E-state index contributed by atoms with van der Waals surface area (Å²) in [5, 5.41) is 5.56. The van der Waals surface area contributed by atoms with Crippen molar-refractivity contribution < 1.29 is 23.8 Å². The van der Waals surface area contributed by atoms with Gasteiger partial charge in [-0.2, -0.15) is 0 Å². The summed E-state index contributed by atoms with van der Waals surface area (Å²) in [7, 11) is 0. The molecule has 2 amide bonds. The summed E-state index contributed by atoms with van der Waals surface area (Å²) in [6.07, 6.45) is -0.529. The molecule has 29 heavy (non-hydrogen) atoms. The predicted molar refractivity (Wildman–Crippen MR) is 112 cm³/mol. The highest BCUT2D eigenvalue weighted by Gasteiger charge is 2.14. The van der Waals surface area contributed by atoms with Gasteiger partial charge in [0.1, 0.15) is 0 Å². The Morgan fingerprint density at radius 1 is 0.897 bits per heavy atom. The minimum atomic E-state index is -0.529. The zero-order chi connectivity index (χ0) is 21.2. The Hall–Kier alpha value is -3.22. The molecule has 0 aliphatic heterocycles. The van der Waals surface area contributed by atoms with E-state index in [1.807, 2.05) is 39.0 Å². The van der Waals surface area contributed by atoms with Gasteiger partial charge in [-0.3, -0.25) is 10.1 Å². The van der Waals surface area contributed by atoms with E-state index in [9.17, 15) is 9.59 Å². The van der Waals surface area contributed by atoms with Gasteiger partial charge in [0.15, 0.2) is 11.5 Å². The third-order valence-electron chi connectivity index (χ3n) is 4.08. The van der Waals surface area contributed by atoms with Crippen molar-refractivity contribution in [2.75, 3.05) is 25.1 Å². The summed E-state index contributed by atoms with van der Waals surface area (Å²) < 4.78 is 16.1. The van der Waals surface area contributed by atoms with Gasteiger partial charge in [0, 0.05) is 11.3 Å². The number of benzene rings is 2. The van der Waals surface area contributed by atoms with Crippen molar-refractivity contribution in [3.05, 3.63) is 53.6 Å². The van der Waals surface area contributed by atoms with Crippen LogP contribution in [0.5, 0.6) is 11.5 Å². The summed E-state index contributed by atoms with van der Waals surface area (Å²) in [6, 6.07) is 12.0. The molecule has 156 valence electrons. The van der Waals surface area contributed by atoms with Gasteiger partial charge in [0.05, 0.1) is 25.9 Å². The molecule has 0 saturated heterocycles. The standard InChI is InChI=1S/C22H28N2O5/c1-5-27-19-13-10-17(14-20(19)28-6-2)15(4)23-21(25)16-8-11-18(12-9-16)24-22(26)29-7-3/h8-15H,5-7H2,1-4H3,(H,23,25)(H,24,26)/t15-/m0/s1. The van der Waals surface area contributed by atoms with Crippen LogP contribution in [0.3, 0.4) is 0 Å². The molecule has 2 aromatic rings. The molecule has 2 aromatic carbocycles. The van der Waals surface area contributed by atoms with Crippen molar-refractivity contribution in [2.24, 2.45) is 0 Å². The molecule has 0 aromatic heterocycles. The lowest BCUT2D eigenvalue weighted by atomic mass is 10.1. The quantitative estimate of drug-likeness (QED) is 0.645. The van der Waals surface area contributed by atoms with Crippen LogP contribution in [0.2, 0.25) is 0 Å². The van der Waals surface area contributed by atoms with Crippen molar-refractivity contribution in [2.45, 2.75) is 33.7 Å².